The summed E-state index contributed by atoms with van der Waals surface area (Å²) in [5.41, 5.74) is 6.32. The van der Waals surface area contributed by atoms with Crippen LogP contribution in [0.25, 0.3) is 0 Å². The number of rotatable bonds is 6. The van der Waals surface area contributed by atoms with E-state index in [0.29, 0.717) is 35.1 Å². The summed E-state index contributed by atoms with van der Waals surface area (Å²) in [6, 6.07) is 13.6. The average molecular weight is 381 g/mol. The van der Waals surface area contributed by atoms with E-state index in [2.05, 4.69) is 0 Å². The molecule has 0 saturated heterocycles. The lowest BCUT2D eigenvalue weighted by molar-refractivity contribution is -0.125. The van der Waals surface area contributed by atoms with Crippen molar-refractivity contribution >= 4 is 17.5 Å². The van der Waals surface area contributed by atoms with Gasteiger partial charge in [-0.05, 0) is 31.2 Å². The molecular formula is C20H19N3O5. The first-order valence-corrected chi connectivity index (χ1v) is 8.68. The summed E-state index contributed by atoms with van der Waals surface area (Å²) in [6.45, 7) is 1.91. The van der Waals surface area contributed by atoms with Crippen LogP contribution in [-0.2, 0) is 9.59 Å². The third-order valence-corrected chi connectivity index (χ3v) is 4.12. The standard InChI is InChI=1S/C20H19N3O5/c1-2-26-17-9-13(10-21)7-8-16(17)27-12-19(24)23-11-18(20(22)25)28-15-6-4-3-5-14(15)23/h3-9,18H,2,11-12H2,1H3,(H2,22,25)/t18-/m1/s1. The Morgan fingerprint density at radius 1 is 1.25 bits per heavy atom. The van der Waals surface area contributed by atoms with Gasteiger partial charge in [-0.1, -0.05) is 12.1 Å². The third-order valence-electron chi connectivity index (χ3n) is 4.12. The van der Waals surface area contributed by atoms with Gasteiger partial charge in [0.25, 0.3) is 11.8 Å². The van der Waals surface area contributed by atoms with E-state index in [9.17, 15) is 9.59 Å². The number of amides is 2. The molecule has 0 bridgehead atoms. The Hall–Kier alpha value is -3.73. The lowest BCUT2D eigenvalue weighted by Gasteiger charge is -2.33. The second-order valence-electron chi connectivity index (χ2n) is 5.98. The highest BCUT2D eigenvalue weighted by Gasteiger charge is 2.32. The average Bonchev–Trinajstić information content (AvgIpc) is 2.71. The van der Waals surface area contributed by atoms with E-state index < -0.39 is 12.0 Å². The molecule has 8 heteroatoms. The van der Waals surface area contributed by atoms with Crippen LogP contribution in [0.4, 0.5) is 5.69 Å². The third kappa shape index (κ3) is 3.99. The van der Waals surface area contributed by atoms with Crippen molar-refractivity contribution in [3.63, 3.8) is 0 Å². The molecule has 8 nitrogen and oxygen atoms in total. The molecule has 0 radical (unpaired) electrons. The van der Waals surface area contributed by atoms with Crippen LogP contribution < -0.4 is 24.8 Å². The van der Waals surface area contributed by atoms with Crippen LogP contribution >= 0.6 is 0 Å². The molecule has 2 N–H and O–H groups in total. The van der Waals surface area contributed by atoms with Crippen molar-refractivity contribution < 1.29 is 23.8 Å². The molecule has 2 amide bonds. The lowest BCUT2D eigenvalue weighted by atomic mass is 10.2. The summed E-state index contributed by atoms with van der Waals surface area (Å²) in [5, 5.41) is 9.02. The molecule has 0 unspecified atom stereocenters. The smallest absolute Gasteiger partial charge is 0.265 e. The number of hydrogen-bond donors (Lipinski definition) is 1. The van der Waals surface area contributed by atoms with Crippen LogP contribution in [0.5, 0.6) is 17.2 Å². The Morgan fingerprint density at radius 3 is 2.75 bits per heavy atom. The van der Waals surface area contributed by atoms with Crippen LogP contribution in [0.15, 0.2) is 42.5 Å². The summed E-state index contributed by atoms with van der Waals surface area (Å²) in [6.07, 6.45) is -0.937. The maximum absolute atomic E-state index is 12.8. The van der Waals surface area contributed by atoms with Crippen molar-refractivity contribution in [1.29, 1.82) is 5.26 Å². The SMILES string of the molecule is CCOc1cc(C#N)ccc1OCC(=O)N1C[C@H](C(N)=O)Oc2ccccc21. The molecule has 144 valence electrons. The highest BCUT2D eigenvalue weighted by atomic mass is 16.5. The molecule has 0 aliphatic carbocycles. The number of hydrogen-bond acceptors (Lipinski definition) is 6. The largest absolute Gasteiger partial charge is 0.490 e. The Kier molecular flexibility index (Phi) is 5.65. The van der Waals surface area contributed by atoms with Crippen LogP contribution in [0.1, 0.15) is 12.5 Å². The predicted octanol–water partition coefficient (Wildman–Crippen LogP) is 1.62. The van der Waals surface area contributed by atoms with E-state index in [1.165, 1.54) is 4.90 Å². The number of anilines is 1. The second kappa shape index (κ2) is 8.31. The summed E-state index contributed by atoms with van der Waals surface area (Å²) in [4.78, 5) is 25.8. The van der Waals surface area contributed by atoms with Gasteiger partial charge in [-0.3, -0.25) is 9.59 Å². The molecule has 28 heavy (non-hydrogen) atoms. The molecule has 1 heterocycles. The number of primary amides is 1. The highest BCUT2D eigenvalue weighted by Crippen LogP contribution is 2.33. The van der Waals surface area contributed by atoms with E-state index in [1.807, 2.05) is 13.0 Å². The summed E-state index contributed by atoms with van der Waals surface area (Å²) < 4.78 is 16.7. The molecule has 0 aromatic heterocycles. The number of nitrogens with two attached hydrogens (primary N) is 1. The quantitative estimate of drug-likeness (QED) is 0.813. The number of carbonyl (C=O) groups excluding carboxylic acids is 2. The van der Waals surface area contributed by atoms with Gasteiger partial charge >= 0.3 is 0 Å². The minimum absolute atomic E-state index is 0.000226. The number of fused-ring (bicyclic) bond motifs is 1. The van der Waals surface area contributed by atoms with E-state index in [0.717, 1.165) is 0 Å². The second-order valence-corrected chi connectivity index (χ2v) is 5.98. The van der Waals surface area contributed by atoms with Gasteiger partial charge in [-0.25, -0.2) is 0 Å². The van der Waals surface area contributed by atoms with Gasteiger partial charge in [0.05, 0.1) is 30.5 Å². The Labute approximate surface area is 162 Å². The fourth-order valence-electron chi connectivity index (χ4n) is 2.80. The first-order valence-electron chi connectivity index (χ1n) is 8.68. The number of nitriles is 1. The lowest BCUT2D eigenvalue weighted by Crippen LogP contribution is -2.50. The number of para-hydroxylation sites is 2. The zero-order valence-corrected chi connectivity index (χ0v) is 15.3. The van der Waals surface area contributed by atoms with Gasteiger partial charge < -0.3 is 24.8 Å². The number of ether oxygens (including phenoxy) is 3. The van der Waals surface area contributed by atoms with Gasteiger partial charge in [0.2, 0.25) is 0 Å². The molecule has 0 saturated carbocycles. The van der Waals surface area contributed by atoms with Crippen molar-refractivity contribution in [3.8, 4) is 23.3 Å². The van der Waals surface area contributed by atoms with Crippen molar-refractivity contribution in [3.05, 3.63) is 48.0 Å². The van der Waals surface area contributed by atoms with Crippen LogP contribution in [0.2, 0.25) is 0 Å². The molecule has 2 aromatic rings. The van der Waals surface area contributed by atoms with Gasteiger partial charge in [0.15, 0.2) is 24.2 Å². The Balaban J connectivity index is 1.78. The van der Waals surface area contributed by atoms with Gasteiger partial charge in [-0.15, -0.1) is 0 Å². The molecule has 1 aliphatic heterocycles. The molecule has 0 fully saturated rings. The zero-order chi connectivity index (χ0) is 20.1. The molecule has 3 rings (SSSR count). The molecule has 0 spiro atoms. The molecule has 1 aliphatic rings. The van der Waals surface area contributed by atoms with Crippen LogP contribution in [-0.4, -0.2) is 37.7 Å². The number of carbonyl (C=O) groups is 2. The summed E-state index contributed by atoms with van der Waals surface area (Å²) in [7, 11) is 0. The van der Waals surface area contributed by atoms with Gasteiger partial charge in [0, 0.05) is 6.07 Å². The fourth-order valence-corrected chi connectivity index (χ4v) is 2.80. The summed E-state index contributed by atoms with van der Waals surface area (Å²) >= 11 is 0. The van der Waals surface area contributed by atoms with Crippen molar-refractivity contribution in [2.75, 3.05) is 24.7 Å². The first-order chi connectivity index (χ1) is 13.5. The van der Waals surface area contributed by atoms with Crippen molar-refractivity contribution in [2.45, 2.75) is 13.0 Å². The van der Waals surface area contributed by atoms with E-state index in [1.54, 1.807) is 42.5 Å². The van der Waals surface area contributed by atoms with E-state index in [4.69, 9.17) is 25.2 Å². The fraction of sp³-hybridized carbons (Fsp3) is 0.250. The molecule has 1 atom stereocenters. The van der Waals surface area contributed by atoms with E-state index >= 15 is 0 Å². The minimum atomic E-state index is -0.937. The zero-order valence-electron chi connectivity index (χ0n) is 15.3. The molecule has 2 aromatic carbocycles. The minimum Gasteiger partial charge on any atom is -0.490 e. The maximum atomic E-state index is 12.8. The number of nitrogens with zero attached hydrogens (tertiary/aromatic N) is 2. The number of benzene rings is 2. The highest BCUT2D eigenvalue weighted by molar-refractivity contribution is 5.98. The Bertz CT molecular complexity index is 938. The van der Waals surface area contributed by atoms with Crippen molar-refractivity contribution in [1.82, 2.24) is 0 Å². The predicted molar refractivity (Wildman–Crippen MR) is 100 cm³/mol. The van der Waals surface area contributed by atoms with Gasteiger partial charge in [0.1, 0.15) is 5.75 Å². The topological polar surface area (TPSA) is 115 Å². The first kappa shape index (κ1) is 19.0. The summed E-state index contributed by atoms with van der Waals surface area (Å²) in [5.74, 6) is 0.112. The van der Waals surface area contributed by atoms with Crippen LogP contribution in [0.3, 0.4) is 0 Å². The van der Waals surface area contributed by atoms with Crippen LogP contribution in [0, 0.1) is 11.3 Å². The van der Waals surface area contributed by atoms with E-state index in [-0.39, 0.29) is 19.1 Å². The normalized spacial score (nSPS) is 15.0. The maximum Gasteiger partial charge on any atom is 0.265 e. The monoisotopic (exact) mass is 381 g/mol. The molecular weight excluding hydrogens is 362 g/mol. The van der Waals surface area contributed by atoms with Crippen molar-refractivity contribution in [2.24, 2.45) is 5.73 Å². The van der Waals surface area contributed by atoms with Gasteiger partial charge in [-0.2, -0.15) is 5.26 Å². The Morgan fingerprint density at radius 2 is 2.04 bits per heavy atom.